The highest BCUT2D eigenvalue weighted by atomic mass is 127. The topological polar surface area (TPSA) is 64.4 Å². The lowest BCUT2D eigenvalue weighted by Gasteiger charge is -1.96. The lowest BCUT2D eigenvalue weighted by molar-refractivity contribution is 1.05. The molecule has 1 aromatic rings. The third kappa shape index (κ3) is 4.94. The summed E-state index contributed by atoms with van der Waals surface area (Å²) in [5, 5.41) is 0. The van der Waals surface area contributed by atoms with Gasteiger partial charge in [-0.25, -0.2) is 4.99 Å². The fraction of sp³-hybridized carbons (Fsp3) is 0.125. The van der Waals surface area contributed by atoms with E-state index in [4.69, 9.17) is 11.5 Å². The molecule has 3 nitrogen and oxygen atoms in total. The van der Waals surface area contributed by atoms with Gasteiger partial charge < -0.3 is 11.5 Å². The molecule has 0 bridgehead atoms. The van der Waals surface area contributed by atoms with Gasteiger partial charge in [0.05, 0.1) is 6.54 Å². The van der Waals surface area contributed by atoms with Crippen molar-refractivity contribution in [2.75, 3.05) is 0 Å². The van der Waals surface area contributed by atoms with Crippen molar-refractivity contribution in [3.8, 4) is 0 Å². The monoisotopic (exact) mass is 311 g/mol. The molecule has 72 valence electrons. The van der Waals surface area contributed by atoms with Crippen molar-refractivity contribution in [3.05, 3.63) is 33.4 Å². The average Bonchev–Trinajstić information content (AvgIpc) is 2.03. The molecule has 0 aliphatic rings. The number of guanidine groups is 1. The van der Waals surface area contributed by atoms with E-state index < -0.39 is 0 Å². The molecule has 0 aliphatic carbocycles. The standard InChI is InChI=1S/C8H10IN3.ClH/c9-7-3-1-6(2-4-7)5-12-8(10)11;/h1-4H,5H2,(H4,10,11,12);1H. The first-order valence-electron chi connectivity index (χ1n) is 3.48. The van der Waals surface area contributed by atoms with Crippen LogP contribution in [0.2, 0.25) is 0 Å². The second kappa shape index (κ2) is 6.04. The molecule has 0 atom stereocenters. The minimum atomic E-state index is 0. The highest BCUT2D eigenvalue weighted by Gasteiger charge is 1.90. The fourth-order valence-corrected chi connectivity index (χ4v) is 1.13. The molecular weight excluding hydrogens is 300 g/mol. The van der Waals surface area contributed by atoms with Gasteiger partial charge in [0.1, 0.15) is 0 Å². The van der Waals surface area contributed by atoms with Gasteiger partial charge in [-0.1, -0.05) is 12.1 Å². The Balaban J connectivity index is 0.00000144. The molecule has 0 saturated heterocycles. The van der Waals surface area contributed by atoms with Crippen LogP contribution in [-0.4, -0.2) is 5.96 Å². The summed E-state index contributed by atoms with van der Waals surface area (Å²) in [7, 11) is 0. The van der Waals surface area contributed by atoms with Crippen molar-refractivity contribution in [2.24, 2.45) is 16.5 Å². The maximum atomic E-state index is 5.20. The first kappa shape index (κ1) is 12.5. The zero-order chi connectivity index (χ0) is 8.97. The van der Waals surface area contributed by atoms with Crippen LogP contribution < -0.4 is 11.5 Å². The Morgan fingerprint density at radius 3 is 2.23 bits per heavy atom. The van der Waals surface area contributed by atoms with Crippen molar-refractivity contribution < 1.29 is 0 Å². The van der Waals surface area contributed by atoms with E-state index in [2.05, 4.69) is 27.6 Å². The fourth-order valence-electron chi connectivity index (χ4n) is 0.772. The molecule has 13 heavy (non-hydrogen) atoms. The molecule has 0 unspecified atom stereocenters. The molecule has 0 saturated carbocycles. The number of hydrogen-bond acceptors (Lipinski definition) is 1. The Kier molecular flexibility index (Phi) is 5.81. The molecule has 0 radical (unpaired) electrons. The van der Waals surface area contributed by atoms with Gasteiger partial charge in [-0.15, -0.1) is 12.4 Å². The number of benzene rings is 1. The van der Waals surface area contributed by atoms with Crippen LogP contribution in [0.15, 0.2) is 29.3 Å². The summed E-state index contributed by atoms with van der Waals surface area (Å²) in [5.74, 6) is 0.133. The first-order valence-corrected chi connectivity index (χ1v) is 4.56. The molecular formula is C8H11ClIN3. The molecule has 0 heterocycles. The summed E-state index contributed by atoms with van der Waals surface area (Å²) in [6.07, 6.45) is 0. The number of hydrogen-bond donors (Lipinski definition) is 2. The Morgan fingerprint density at radius 2 is 1.77 bits per heavy atom. The molecule has 1 rings (SSSR count). The lowest BCUT2D eigenvalue weighted by Crippen LogP contribution is -2.22. The number of rotatable bonds is 2. The number of nitrogens with zero attached hydrogens (tertiary/aromatic N) is 1. The minimum absolute atomic E-state index is 0. The third-order valence-corrected chi connectivity index (χ3v) is 2.08. The van der Waals surface area contributed by atoms with Gasteiger partial charge in [0.15, 0.2) is 5.96 Å². The van der Waals surface area contributed by atoms with E-state index in [1.54, 1.807) is 0 Å². The Bertz CT molecular complexity index is 280. The van der Waals surface area contributed by atoms with Crippen molar-refractivity contribution in [3.63, 3.8) is 0 Å². The SMILES string of the molecule is Cl.NC(N)=NCc1ccc(I)cc1. The Hall–Kier alpha value is -0.490. The predicted octanol–water partition coefficient (Wildman–Crippen LogP) is 1.49. The van der Waals surface area contributed by atoms with Gasteiger partial charge in [0.25, 0.3) is 0 Å². The Labute approximate surface area is 97.2 Å². The van der Waals surface area contributed by atoms with Crippen molar-refractivity contribution >= 4 is 41.0 Å². The summed E-state index contributed by atoms with van der Waals surface area (Å²) in [6.45, 7) is 0.555. The van der Waals surface area contributed by atoms with Gasteiger partial charge in [-0.2, -0.15) is 0 Å². The van der Waals surface area contributed by atoms with E-state index in [0.717, 1.165) is 5.56 Å². The second-order valence-electron chi connectivity index (χ2n) is 2.37. The Morgan fingerprint density at radius 1 is 1.23 bits per heavy atom. The third-order valence-electron chi connectivity index (χ3n) is 1.36. The average molecular weight is 312 g/mol. The van der Waals surface area contributed by atoms with E-state index in [-0.39, 0.29) is 18.4 Å². The van der Waals surface area contributed by atoms with Gasteiger partial charge in [-0.05, 0) is 40.3 Å². The molecule has 0 amide bonds. The van der Waals surface area contributed by atoms with Crippen LogP contribution in [0.25, 0.3) is 0 Å². The van der Waals surface area contributed by atoms with Crippen LogP contribution in [0.5, 0.6) is 0 Å². The molecule has 0 aliphatic heterocycles. The van der Waals surface area contributed by atoms with Crippen LogP contribution in [-0.2, 0) is 6.54 Å². The van der Waals surface area contributed by atoms with E-state index in [1.807, 2.05) is 24.3 Å². The van der Waals surface area contributed by atoms with Crippen LogP contribution in [0.4, 0.5) is 0 Å². The maximum absolute atomic E-state index is 5.20. The van der Waals surface area contributed by atoms with Crippen LogP contribution in [0.1, 0.15) is 5.56 Å². The molecule has 5 heteroatoms. The summed E-state index contributed by atoms with van der Waals surface area (Å²) in [4.78, 5) is 3.89. The second-order valence-corrected chi connectivity index (χ2v) is 3.61. The van der Waals surface area contributed by atoms with Crippen molar-refractivity contribution in [1.82, 2.24) is 0 Å². The first-order chi connectivity index (χ1) is 5.68. The van der Waals surface area contributed by atoms with Gasteiger partial charge in [-0.3, -0.25) is 0 Å². The van der Waals surface area contributed by atoms with E-state index >= 15 is 0 Å². The van der Waals surface area contributed by atoms with Gasteiger partial charge >= 0.3 is 0 Å². The molecule has 1 aromatic carbocycles. The van der Waals surface area contributed by atoms with Crippen molar-refractivity contribution in [2.45, 2.75) is 6.54 Å². The predicted molar refractivity (Wildman–Crippen MR) is 65.9 cm³/mol. The quantitative estimate of drug-likeness (QED) is 0.494. The number of nitrogens with two attached hydrogens (primary N) is 2. The number of halogens is 2. The summed E-state index contributed by atoms with van der Waals surface area (Å²) >= 11 is 2.25. The summed E-state index contributed by atoms with van der Waals surface area (Å²) in [6, 6.07) is 8.07. The molecule has 0 spiro atoms. The van der Waals surface area contributed by atoms with Gasteiger partial charge in [0.2, 0.25) is 0 Å². The number of aliphatic imine (C=N–C) groups is 1. The molecule has 0 fully saturated rings. The smallest absolute Gasteiger partial charge is 0.186 e. The van der Waals surface area contributed by atoms with Crippen LogP contribution in [0.3, 0.4) is 0 Å². The molecule has 0 aromatic heterocycles. The largest absolute Gasteiger partial charge is 0.370 e. The summed E-state index contributed by atoms with van der Waals surface area (Å²) < 4.78 is 1.21. The van der Waals surface area contributed by atoms with Crippen molar-refractivity contribution in [1.29, 1.82) is 0 Å². The highest BCUT2D eigenvalue weighted by Crippen LogP contribution is 2.07. The summed E-state index contributed by atoms with van der Waals surface area (Å²) in [5.41, 5.74) is 11.5. The zero-order valence-corrected chi connectivity index (χ0v) is 9.88. The highest BCUT2D eigenvalue weighted by molar-refractivity contribution is 14.1. The van der Waals surface area contributed by atoms with Gasteiger partial charge in [0, 0.05) is 3.57 Å². The maximum Gasteiger partial charge on any atom is 0.186 e. The van der Waals surface area contributed by atoms with E-state index in [9.17, 15) is 0 Å². The van der Waals surface area contributed by atoms with Crippen LogP contribution in [0, 0.1) is 3.57 Å². The lowest BCUT2D eigenvalue weighted by atomic mass is 10.2. The van der Waals surface area contributed by atoms with E-state index in [0.29, 0.717) is 6.54 Å². The minimum Gasteiger partial charge on any atom is -0.370 e. The normalized spacial score (nSPS) is 8.69. The zero-order valence-electron chi connectivity index (χ0n) is 6.90. The van der Waals surface area contributed by atoms with E-state index in [1.165, 1.54) is 3.57 Å². The molecule has 4 N–H and O–H groups in total. The van der Waals surface area contributed by atoms with Crippen LogP contribution >= 0.6 is 35.0 Å².